The molecule has 94 valence electrons. The molecule has 1 rings (SSSR count). The Bertz CT molecular complexity index is 536. The number of allylic oxidation sites excluding steroid dienone is 1. The highest BCUT2D eigenvalue weighted by Crippen LogP contribution is 2.28. The summed E-state index contributed by atoms with van der Waals surface area (Å²) in [5, 5.41) is 27.3. The van der Waals surface area contributed by atoms with Crippen molar-refractivity contribution in [2.45, 2.75) is 25.7 Å². The minimum atomic E-state index is -0.989. The molecule has 0 aliphatic heterocycles. The van der Waals surface area contributed by atoms with Gasteiger partial charge in [0.1, 0.15) is 5.41 Å². The van der Waals surface area contributed by atoms with Crippen LogP contribution >= 0.6 is 0 Å². The average Bonchev–Trinajstić information content (AvgIpc) is 2.47. The molecule has 0 fully saturated rings. The smallest absolute Gasteiger partial charge is 0.147 e. The lowest BCUT2D eigenvalue weighted by atomic mass is 9.80. The van der Waals surface area contributed by atoms with Crippen LogP contribution in [0.3, 0.4) is 0 Å². The third-order valence-electron chi connectivity index (χ3n) is 3.03. The number of benzene rings is 1. The second kappa shape index (κ2) is 7.00. The highest BCUT2D eigenvalue weighted by atomic mass is 14.4. The molecule has 0 amide bonds. The number of hydrogen-bond donors (Lipinski definition) is 0. The van der Waals surface area contributed by atoms with Gasteiger partial charge in [-0.2, -0.15) is 15.8 Å². The van der Waals surface area contributed by atoms with Crippen LogP contribution in [0.5, 0.6) is 0 Å². The van der Waals surface area contributed by atoms with E-state index >= 15 is 0 Å². The maximum absolute atomic E-state index is 9.29. The van der Waals surface area contributed by atoms with Gasteiger partial charge in [0, 0.05) is 6.42 Å². The van der Waals surface area contributed by atoms with Gasteiger partial charge in [-0.1, -0.05) is 18.2 Å². The molecule has 0 spiro atoms. The number of nitriles is 3. The van der Waals surface area contributed by atoms with E-state index in [2.05, 4.69) is 18.7 Å². The number of nitrogens with zero attached hydrogens (tertiary/aromatic N) is 3. The molecule has 0 saturated heterocycles. The lowest BCUT2D eigenvalue weighted by Crippen LogP contribution is -2.19. The van der Waals surface area contributed by atoms with Gasteiger partial charge in [0.15, 0.2) is 0 Å². The van der Waals surface area contributed by atoms with Crippen molar-refractivity contribution in [1.29, 1.82) is 15.8 Å². The number of rotatable bonds is 6. The van der Waals surface area contributed by atoms with E-state index in [9.17, 15) is 10.5 Å². The fourth-order valence-electron chi connectivity index (χ4n) is 1.90. The summed E-state index contributed by atoms with van der Waals surface area (Å²) in [4.78, 5) is 0. The standard InChI is InChI=1S/C16H15N3/c1-2-3-4-9-16(12-18,13-19)10-14-5-7-15(11-17)8-6-14/h2,5-8H,1,3-4,9-10H2. The molecule has 0 aromatic heterocycles. The van der Waals surface area contributed by atoms with Gasteiger partial charge in [0.05, 0.1) is 23.8 Å². The number of hydrogen-bond acceptors (Lipinski definition) is 3. The summed E-state index contributed by atoms with van der Waals surface area (Å²) in [7, 11) is 0. The Labute approximate surface area is 114 Å². The Hall–Kier alpha value is -2.57. The predicted molar refractivity (Wildman–Crippen MR) is 72.6 cm³/mol. The summed E-state index contributed by atoms with van der Waals surface area (Å²) in [6.45, 7) is 3.64. The van der Waals surface area contributed by atoms with Crippen molar-refractivity contribution in [2.75, 3.05) is 0 Å². The SMILES string of the molecule is C=CCCCC(C#N)(C#N)Cc1ccc(C#N)cc1. The molecule has 0 aliphatic rings. The third kappa shape index (κ3) is 3.98. The predicted octanol–water partition coefficient (Wildman–Crippen LogP) is 3.49. The zero-order chi connectivity index (χ0) is 14.1. The molecule has 0 atom stereocenters. The van der Waals surface area contributed by atoms with Crippen LogP contribution in [0.2, 0.25) is 0 Å². The molecule has 0 heterocycles. The summed E-state index contributed by atoms with van der Waals surface area (Å²) >= 11 is 0. The van der Waals surface area contributed by atoms with E-state index in [1.807, 2.05) is 6.07 Å². The second-order valence-corrected chi connectivity index (χ2v) is 4.47. The van der Waals surface area contributed by atoms with Crippen molar-refractivity contribution in [2.24, 2.45) is 5.41 Å². The first kappa shape index (κ1) is 14.5. The average molecular weight is 249 g/mol. The molecule has 0 unspecified atom stereocenters. The Morgan fingerprint density at radius 3 is 2.21 bits per heavy atom. The molecule has 19 heavy (non-hydrogen) atoms. The fourth-order valence-corrected chi connectivity index (χ4v) is 1.90. The summed E-state index contributed by atoms with van der Waals surface area (Å²) in [6.07, 6.45) is 4.30. The zero-order valence-electron chi connectivity index (χ0n) is 10.8. The lowest BCUT2D eigenvalue weighted by molar-refractivity contribution is 0.458. The Kier molecular flexibility index (Phi) is 5.34. The summed E-state index contributed by atoms with van der Waals surface area (Å²) in [6, 6.07) is 13.3. The molecule has 0 radical (unpaired) electrons. The Morgan fingerprint density at radius 2 is 1.74 bits per heavy atom. The highest BCUT2D eigenvalue weighted by molar-refractivity contribution is 5.33. The molecule has 3 heteroatoms. The number of unbranched alkanes of at least 4 members (excludes halogenated alkanes) is 1. The minimum Gasteiger partial charge on any atom is -0.197 e. The van der Waals surface area contributed by atoms with Gasteiger partial charge in [0.2, 0.25) is 0 Å². The van der Waals surface area contributed by atoms with E-state index in [0.717, 1.165) is 18.4 Å². The van der Waals surface area contributed by atoms with E-state index in [4.69, 9.17) is 5.26 Å². The molecular formula is C16H15N3. The Morgan fingerprint density at radius 1 is 1.11 bits per heavy atom. The molecule has 0 N–H and O–H groups in total. The van der Waals surface area contributed by atoms with Gasteiger partial charge in [-0.25, -0.2) is 0 Å². The van der Waals surface area contributed by atoms with Gasteiger partial charge < -0.3 is 0 Å². The fraction of sp³-hybridized carbons (Fsp3) is 0.312. The lowest BCUT2D eigenvalue weighted by Gasteiger charge is -2.18. The first-order valence-corrected chi connectivity index (χ1v) is 6.12. The molecule has 0 bridgehead atoms. The molecular weight excluding hydrogens is 234 g/mol. The van der Waals surface area contributed by atoms with Crippen LogP contribution in [0.25, 0.3) is 0 Å². The van der Waals surface area contributed by atoms with Crippen molar-refractivity contribution in [3.63, 3.8) is 0 Å². The normalized spacial score (nSPS) is 9.95. The second-order valence-electron chi connectivity index (χ2n) is 4.47. The first-order valence-electron chi connectivity index (χ1n) is 6.12. The van der Waals surface area contributed by atoms with Gasteiger partial charge in [-0.05, 0) is 37.0 Å². The third-order valence-corrected chi connectivity index (χ3v) is 3.03. The van der Waals surface area contributed by atoms with Crippen molar-refractivity contribution >= 4 is 0 Å². The van der Waals surface area contributed by atoms with E-state index in [-0.39, 0.29) is 0 Å². The largest absolute Gasteiger partial charge is 0.197 e. The molecule has 0 aliphatic carbocycles. The Balaban J connectivity index is 2.83. The maximum atomic E-state index is 9.29. The summed E-state index contributed by atoms with van der Waals surface area (Å²) in [5.74, 6) is 0. The zero-order valence-corrected chi connectivity index (χ0v) is 10.8. The quantitative estimate of drug-likeness (QED) is 0.572. The van der Waals surface area contributed by atoms with Crippen LogP contribution in [-0.2, 0) is 6.42 Å². The molecule has 1 aromatic carbocycles. The monoisotopic (exact) mass is 249 g/mol. The van der Waals surface area contributed by atoms with Gasteiger partial charge in [-0.3, -0.25) is 0 Å². The highest BCUT2D eigenvalue weighted by Gasteiger charge is 2.29. The maximum Gasteiger partial charge on any atom is 0.147 e. The van der Waals surface area contributed by atoms with Gasteiger partial charge >= 0.3 is 0 Å². The van der Waals surface area contributed by atoms with Crippen LogP contribution < -0.4 is 0 Å². The summed E-state index contributed by atoms with van der Waals surface area (Å²) < 4.78 is 0. The van der Waals surface area contributed by atoms with Crippen LogP contribution in [0.15, 0.2) is 36.9 Å². The molecule has 1 aromatic rings. The molecule has 0 saturated carbocycles. The van der Waals surface area contributed by atoms with E-state index in [1.54, 1.807) is 30.3 Å². The van der Waals surface area contributed by atoms with Crippen LogP contribution in [0, 0.1) is 39.4 Å². The van der Waals surface area contributed by atoms with Crippen LogP contribution in [0.1, 0.15) is 30.4 Å². The topological polar surface area (TPSA) is 71.4 Å². The summed E-state index contributed by atoms with van der Waals surface area (Å²) in [5.41, 5.74) is 0.493. The van der Waals surface area contributed by atoms with Crippen molar-refractivity contribution in [1.82, 2.24) is 0 Å². The van der Waals surface area contributed by atoms with Gasteiger partial charge in [0.25, 0.3) is 0 Å². The van der Waals surface area contributed by atoms with Crippen molar-refractivity contribution in [3.8, 4) is 18.2 Å². The van der Waals surface area contributed by atoms with Crippen molar-refractivity contribution < 1.29 is 0 Å². The van der Waals surface area contributed by atoms with Crippen LogP contribution in [0.4, 0.5) is 0 Å². The van der Waals surface area contributed by atoms with E-state index in [1.165, 1.54) is 0 Å². The van der Waals surface area contributed by atoms with E-state index in [0.29, 0.717) is 18.4 Å². The van der Waals surface area contributed by atoms with Crippen molar-refractivity contribution in [3.05, 3.63) is 48.0 Å². The minimum absolute atomic E-state index is 0.392. The van der Waals surface area contributed by atoms with Gasteiger partial charge in [-0.15, -0.1) is 6.58 Å². The first-order chi connectivity index (χ1) is 9.19. The van der Waals surface area contributed by atoms with E-state index < -0.39 is 5.41 Å². The van der Waals surface area contributed by atoms with Crippen LogP contribution in [-0.4, -0.2) is 0 Å². The molecule has 3 nitrogen and oxygen atoms in total.